The molecule has 2 N–H and O–H groups in total. The molecular weight excluding hydrogens is 516 g/mol. The van der Waals surface area contributed by atoms with Gasteiger partial charge in [0, 0.05) is 20.0 Å². The van der Waals surface area contributed by atoms with Crippen LogP contribution in [0, 0.1) is 5.82 Å². The number of carbonyl (C=O) groups excluding carboxylic acids is 1. The van der Waals surface area contributed by atoms with E-state index in [2.05, 4.69) is 0 Å². The molecule has 2 atom stereocenters. The van der Waals surface area contributed by atoms with E-state index in [1.54, 1.807) is 0 Å². The Morgan fingerprint density at radius 3 is 2.22 bits per heavy atom. The lowest BCUT2D eigenvalue weighted by molar-refractivity contribution is -0.258. The van der Waals surface area contributed by atoms with Gasteiger partial charge < -0.3 is 15.1 Å². The summed E-state index contributed by atoms with van der Waals surface area (Å²) < 4.78 is 82.1. The molecule has 0 aliphatic carbocycles. The summed E-state index contributed by atoms with van der Waals surface area (Å²) in [6.07, 6.45) is -4.96. The minimum atomic E-state index is -4.96. The van der Waals surface area contributed by atoms with Gasteiger partial charge in [0.15, 0.2) is 5.60 Å². The standard InChI is InChI=1S/C25H30F4N2O5S/c1-23(2,33)15-30(4)22(32)14-19-9-5-16-13-17(24(3,34)25(27,28)29)6-12-21(16)31(19)37(35,36)20-10-7-18(26)8-11-20/h6-8,10-13,19,33-34H,5,9,14-15H2,1-4H3/t19-,24?/m0/s1. The van der Waals surface area contributed by atoms with Crippen LogP contribution in [0.5, 0.6) is 0 Å². The number of amides is 1. The molecule has 12 heteroatoms. The van der Waals surface area contributed by atoms with Crippen molar-refractivity contribution in [1.29, 1.82) is 0 Å². The Morgan fingerprint density at radius 1 is 1.08 bits per heavy atom. The first-order valence-corrected chi connectivity index (χ1v) is 13.0. The van der Waals surface area contributed by atoms with Crippen LogP contribution in [0.4, 0.5) is 23.2 Å². The molecule has 7 nitrogen and oxygen atoms in total. The second-order valence-corrected chi connectivity index (χ2v) is 11.9. The Bertz CT molecular complexity index is 1260. The number of likely N-dealkylation sites (N-methyl/N-ethyl adjacent to an activating group) is 1. The number of carbonyl (C=O) groups is 1. The molecule has 2 aromatic carbocycles. The number of nitrogens with zero attached hydrogens (tertiary/aromatic N) is 2. The molecule has 2 aromatic rings. The van der Waals surface area contributed by atoms with Gasteiger partial charge in [0.25, 0.3) is 10.0 Å². The predicted molar refractivity (Wildman–Crippen MR) is 129 cm³/mol. The SMILES string of the molecule is CN(CC(C)(C)O)C(=O)C[C@@H]1CCc2cc(C(C)(O)C(F)(F)F)ccc2N1S(=O)(=O)c1ccc(F)cc1. The third-order valence-corrected chi connectivity index (χ3v) is 8.22. The van der Waals surface area contributed by atoms with Gasteiger partial charge in [-0.25, -0.2) is 12.8 Å². The minimum absolute atomic E-state index is 0.00423. The molecule has 1 aliphatic rings. The number of aryl methyl sites for hydroxylation is 1. The van der Waals surface area contributed by atoms with Crippen molar-refractivity contribution >= 4 is 21.6 Å². The molecular formula is C25H30F4N2O5S. The Labute approximate surface area is 213 Å². The number of halogens is 4. The Morgan fingerprint density at radius 2 is 1.68 bits per heavy atom. The summed E-state index contributed by atoms with van der Waals surface area (Å²) in [6.45, 7) is 3.65. The molecule has 0 fully saturated rings. The van der Waals surface area contributed by atoms with E-state index < -0.39 is 50.7 Å². The highest BCUT2D eigenvalue weighted by molar-refractivity contribution is 7.92. The van der Waals surface area contributed by atoms with Gasteiger partial charge in [-0.2, -0.15) is 13.2 Å². The van der Waals surface area contributed by atoms with Crippen LogP contribution in [0.2, 0.25) is 0 Å². The van der Waals surface area contributed by atoms with Crippen molar-refractivity contribution < 1.29 is 41.0 Å². The highest BCUT2D eigenvalue weighted by atomic mass is 32.2. The zero-order valence-electron chi connectivity index (χ0n) is 20.9. The fraction of sp³-hybridized carbons (Fsp3) is 0.480. The smallest absolute Gasteiger partial charge is 0.389 e. The van der Waals surface area contributed by atoms with Crippen LogP contribution < -0.4 is 4.31 Å². The van der Waals surface area contributed by atoms with E-state index in [4.69, 9.17) is 0 Å². The number of hydrogen-bond donors (Lipinski definition) is 2. The highest BCUT2D eigenvalue weighted by Crippen LogP contribution is 2.43. The van der Waals surface area contributed by atoms with Gasteiger partial charge in [-0.05, 0) is 75.1 Å². The predicted octanol–water partition coefficient (Wildman–Crippen LogP) is 3.73. The van der Waals surface area contributed by atoms with E-state index in [9.17, 15) is 41.0 Å². The Kier molecular flexibility index (Phi) is 7.71. The number of alkyl halides is 3. The van der Waals surface area contributed by atoms with E-state index in [0.29, 0.717) is 6.92 Å². The van der Waals surface area contributed by atoms with Crippen molar-refractivity contribution in [2.75, 3.05) is 17.9 Å². The number of benzene rings is 2. The number of aliphatic hydroxyl groups is 2. The molecule has 3 rings (SSSR count). The number of sulfonamides is 1. The third kappa shape index (κ3) is 6.07. The molecule has 0 radical (unpaired) electrons. The molecule has 0 saturated heterocycles. The van der Waals surface area contributed by atoms with E-state index in [1.807, 2.05) is 0 Å². The average molecular weight is 547 g/mol. The van der Waals surface area contributed by atoms with E-state index in [1.165, 1.54) is 31.9 Å². The van der Waals surface area contributed by atoms with Gasteiger partial charge in [0.05, 0.1) is 22.2 Å². The highest BCUT2D eigenvalue weighted by Gasteiger charge is 2.51. The van der Waals surface area contributed by atoms with Gasteiger partial charge in [-0.15, -0.1) is 0 Å². The molecule has 37 heavy (non-hydrogen) atoms. The summed E-state index contributed by atoms with van der Waals surface area (Å²) in [5.41, 5.74) is -4.47. The monoisotopic (exact) mass is 546 g/mol. The van der Waals surface area contributed by atoms with Crippen molar-refractivity contribution in [1.82, 2.24) is 4.90 Å². The summed E-state index contributed by atoms with van der Waals surface area (Å²) in [5.74, 6) is -1.09. The molecule has 0 saturated carbocycles. The second-order valence-electron chi connectivity index (χ2n) is 10.1. The normalized spacial score (nSPS) is 18.2. The third-order valence-electron chi connectivity index (χ3n) is 6.34. The topological polar surface area (TPSA) is 98.1 Å². The molecule has 0 bridgehead atoms. The van der Waals surface area contributed by atoms with Gasteiger partial charge in [-0.3, -0.25) is 9.10 Å². The van der Waals surface area contributed by atoms with Crippen LogP contribution in [-0.2, 0) is 26.8 Å². The molecule has 0 aromatic heterocycles. The van der Waals surface area contributed by atoms with E-state index in [0.717, 1.165) is 40.7 Å². The van der Waals surface area contributed by atoms with Crippen molar-refractivity contribution in [3.05, 3.63) is 59.4 Å². The summed E-state index contributed by atoms with van der Waals surface area (Å²) in [4.78, 5) is 14.0. The van der Waals surface area contributed by atoms with E-state index >= 15 is 0 Å². The van der Waals surface area contributed by atoms with Gasteiger partial charge >= 0.3 is 6.18 Å². The summed E-state index contributed by atoms with van der Waals surface area (Å²) >= 11 is 0. The van der Waals surface area contributed by atoms with Crippen LogP contribution in [0.15, 0.2) is 47.4 Å². The van der Waals surface area contributed by atoms with Crippen LogP contribution >= 0.6 is 0 Å². The summed E-state index contributed by atoms with van der Waals surface area (Å²) in [6, 6.07) is 6.49. The lowest BCUT2D eigenvalue weighted by Crippen LogP contribution is -2.48. The summed E-state index contributed by atoms with van der Waals surface area (Å²) in [7, 11) is -2.89. The fourth-order valence-corrected chi connectivity index (χ4v) is 6.08. The zero-order chi connectivity index (χ0) is 28.0. The van der Waals surface area contributed by atoms with Crippen molar-refractivity contribution in [2.24, 2.45) is 0 Å². The molecule has 1 unspecified atom stereocenters. The quantitative estimate of drug-likeness (QED) is 0.516. The molecule has 204 valence electrons. The number of anilines is 1. The lowest BCUT2D eigenvalue weighted by Gasteiger charge is -2.39. The fourth-order valence-electron chi connectivity index (χ4n) is 4.36. The molecule has 0 spiro atoms. The maximum Gasteiger partial charge on any atom is 0.421 e. The largest absolute Gasteiger partial charge is 0.421 e. The molecule has 1 heterocycles. The van der Waals surface area contributed by atoms with Gasteiger partial charge in [0.2, 0.25) is 5.91 Å². The van der Waals surface area contributed by atoms with Crippen molar-refractivity contribution in [2.45, 2.75) is 68.3 Å². The Balaban J connectivity index is 2.08. The number of rotatable bonds is 7. The maximum absolute atomic E-state index is 13.7. The van der Waals surface area contributed by atoms with Crippen LogP contribution in [-0.4, -0.2) is 60.8 Å². The van der Waals surface area contributed by atoms with Crippen molar-refractivity contribution in [3.63, 3.8) is 0 Å². The van der Waals surface area contributed by atoms with Gasteiger partial charge in [0.1, 0.15) is 5.82 Å². The number of fused-ring (bicyclic) bond motifs is 1. The zero-order valence-corrected chi connectivity index (χ0v) is 21.7. The van der Waals surface area contributed by atoms with E-state index in [-0.39, 0.29) is 42.0 Å². The minimum Gasteiger partial charge on any atom is -0.389 e. The van der Waals surface area contributed by atoms with Crippen LogP contribution in [0.25, 0.3) is 0 Å². The van der Waals surface area contributed by atoms with Gasteiger partial charge in [-0.1, -0.05) is 12.1 Å². The molecule has 1 aliphatic heterocycles. The van der Waals surface area contributed by atoms with Crippen LogP contribution in [0.1, 0.15) is 44.7 Å². The van der Waals surface area contributed by atoms with Crippen molar-refractivity contribution in [3.8, 4) is 0 Å². The lowest BCUT2D eigenvalue weighted by atomic mass is 9.89. The molecule has 1 amide bonds. The van der Waals surface area contributed by atoms with Crippen LogP contribution in [0.3, 0.4) is 0 Å². The second kappa shape index (κ2) is 9.88. The first-order valence-electron chi connectivity index (χ1n) is 11.5. The number of hydrogen-bond acceptors (Lipinski definition) is 5. The Hall–Kier alpha value is -2.70. The first kappa shape index (κ1) is 28.9. The first-order chi connectivity index (χ1) is 16.8. The summed E-state index contributed by atoms with van der Waals surface area (Å²) in [5, 5.41) is 20.2. The maximum atomic E-state index is 13.7. The average Bonchev–Trinajstić information content (AvgIpc) is 2.76.